The molecule has 98 valence electrons. The van der Waals surface area contributed by atoms with Crippen molar-refractivity contribution in [3.8, 4) is 0 Å². The zero-order valence-corrected chi connectivity index (χ0v) is 10.3. The first-order chi connectivity index (χ1) is 9.35. The lowest BCUT2D eigenvalue weighted by molar-refractivity contribution is 0.257. The molecule has 0 unspecified atom stereocenters. The fourth-order valence-electron chi connectivity index (χ4n) is 2.26. The summed E-state index contributed by atoms with van der Waals surface area (Å²) in [6.07, 6.45) is 4.01. The molecule has 3 rings (SSSR count). The van der Waals surface area contributed by atoms with Gasteiger partial charge in [-0.3, -0.25) is 9.97 Å². The van der Waals surface area contributed by atoms with Crippen LogP contribution < -0.4 is 0 Å². The van der Waals surface area contributed by atoms with Gasteiger partial charge in [0.25, 0.3) is 0 Å². The number of aliphatic hydroxyl groups excluding tert-OH is 2. The molecule has 6 heteroatoms. The molecule has 2 N–H and O–H groups in total. The van der Waals surface area contributed by atoms with Crippen LogP contribution in [0.15, 0.2) is 24.5 Å². The van der Waals surface area contributed by atoms with E-state index in [9.17, 15) is 5.11 Å². The Morgan fingerprint density at radius 2 is 2.05 bits per heavy atom. The summed E-state index contributed by atoms with van der Waals surface area (Å²) in [5.74, 6) is 0.573. The van der Waals surface area contributed by atoms with E-state index in [-0.39, 0.29) is 13.2 Å². The number of hydrogen-bond acceptors (Lipinski definition) is 5. The van der Waals surface area contributed by atoms with Crippen LogP contribution in [0.3, 0.4) is 0 Å². The van der Waals surface area contributed by atoms with Gasteiger partial charge in [0.15, 0.2) is 0 Å². The van der Waals surface area contributed by atoms with Gasteiger partial charge in [-0.15, -0.1) is 0 Å². The summed E-state index contributed by atoms with van der Waals surface area (Å²) in [6, 6.07) is 3.73. The van der Waals surface area contributed by atoms with Gasteiger partial charge < -0.3 is 14.8 Å². The number of fused-ring (bicyclic) bond motifs is 3. The van der Waals surface area contributed by atoms with Gasteiger partial charge in [0.2, 0.25) is 0 Å². The number of nitrogens with zero attached hydrogens (tertiary/aromatic N) is 4. The van der Waals surface area contributed by atoms with Crippen molar-refractivity contribution in [3.63, 3.8) is 0 Å². The quantitative estimate of drug-likeness (QED) is 0.725. The minimum absolute atomic E-state index is 0.0982. The molecule has 0 saturated carbocycles. The third-order valence-corrected chi connectivity index (χ3v) is 3.09. The first-order valence-electron chi connectivity index (χ1n) is 6.15. The van der Waals surface area contributed by atoms with Crippen molar-refractivity contribution in [2.24, 2.45) is 0 Å². The highest BCUT2D eigenvalue weighted by molar-refractivity contribution is 5.99. The molecule has 0 spiro atoms. The van der Waals surface area contributed by atoms with Gasteiger partial charge in [0.05, 0.1) is 17.2 Å². The van der Waals surface area contributed by atoms with Crippen LogP contribution in [0.4, 0.5) is 0 Å². The predicted octanol–water partition coefficient (Wildman–Crippen LogP) is 0.854. The van der Waals surface area contributed by atoms with Crippen molar-refractivity contribution in [3.05, 3.63) is 30.4 Å². The van der Waals surface area contributed by atoms with Gasteiger partial charge in [-0.2, -0.15) is 0 Å². The summed E-state index contributed by atoms with van der Waals surface area (Å²) in [5, 5.41) is 18.4. The van der Waals surface area contributed by atoms with Crippen molar-refractivity contribution < 1.29 is 10.2 Å². The lowest BCUT2D eigenvalue weighted by Gasteiger charge is -2.07. The number of aliphatic hydroxyl groups is 2. The fraction of sp³-hybridized carbons (Fsp3) is 0.308. The number of rotatable bonds is 4. The minimum atomic E-state index is -0.144. The highest BCUT2D eigenvalue weighted by atomic mass is 16.3. The number of aryl methyl sites for hydroxylation is 1. The Morgan fingerprint density at radius 1 is 1.16 bits per heavy atom. The van der Waals surface area contributed by atoms with Crippen LogP contribution in [-0.4, -0.2) is 36.3 Å². The number of imidazole rings is 1. The maximum Gasteiger partial charge on any atom is 0.135 e. The maximum absolute atomic E-state index is 9.40. The second-order valence-electron chi connectivity index (χ2n) is 4.28. The van der Waals surface area contributed by atoms with Crippen LogP contribution in [0.2, 0.25) is 0 Å². The molecule has 0 saturated heterocycles. The smallest absolute Gasteiger partial charge is 0.135 e. The molecule has 3 aromatic rings. The fourth-order valence-corrected chi connectivity index (χ4v) is 2.26. The Bertz CT molecular complexity index is 723. The molecular formula is C13H14N4O2. The van der Waals surface area contributed by atoms with Gasteiger partial charge in [-0.05, 0) is 18.6 Å². The summed E-state index contributed by atoms with van der Waals surface area (Å²) >= 11 is 0. The van der Waals surface area contributed by atoms with E-state index < -0.39 is 0 Å². The maximum atomic E-state index is 9.40. The monoisotopic (exact) mass is 258 g/mol. The average molecular weight is 258 g/mol. The van der Waals surface area contributed by atoms with Crippen molar-refractivity contribution in [1.29, 1.82) is 0 Å². The van der Waals surface area contributed by atoms with Crippen molar-refractivity contribution in [2.45, 2.75) is 19.6 Å². The molecule has 0 aliphatic heterocycles. The van der Waals surface area contributed by atoms with Crippen LogP contribution in [0, 0.1) is 0 Å². The Balaban J connectivity index is 2.32. The van der Waals surface area contributed by atoms with Gasteiger partial charge in [-0.1, -0.05) is 0 Å². The zero-order valence-electron chi connectivity index (χ0n) is 10.3. The van der Waals surface area contributed by atoms with Gasteiger partial charge >= 0.3 is 0 Å². The molecular weight excluding hydrogens is 244 g/mol. The summed E-state index contributed by atoms with van der Waals surface area (Å²) in [5.41, 5.74) is 3.14. The van der Waals surface area contributed by atoms with E-state index in [1.54, 1.807) is 12.4 Å². The molecule has 0 aliphatic rings. The summed E-state index contributed by atoms with van der Waals surface area (Å²) in [4.78, 5) is 13.0. The summed E-state index contributed by atoms with van der Waals surface area (Å²) < 4.78 is 1.91. The number of pyridine rings is 2. The third kappa shape index (κ3) is 1.94. The molecule has 3 heterocycles. The van der Waals surface area contributed by atoms with E-state index in [1.165, 1.54) is 0 Å². The molecule has 0 bridgehead atoms. The molecule has 3 aromatic heterocycles. The molecule has 19 heavy (non-hydrogen) atoms. The second kappa shape index (κ2) is 4.91. The van der Waals surface area contributed by atoms with E-state index in [0.717, 1.165) is 16.6 Å². The molecule has 0 aliphatic carbocycles. The van der Waals surface area contributed by atoms with Crippen LogP contribution in [-0.2, 0) is 13.2 Å². The standard InChI is InChI=1S/C13H14N4O2/c18-6-2-5-17-11(8-19)16-10-7-15-9-3-1-4-14-12(9)13(10)17/h1,3-4,7,18-19H,2,5-6,8H2. The van der Waals surface area contributed by atoms with Gasteiger partial charge in [0, 0.05) is 19.3 Å². The molecule has 0 radical (unpaired) electrons. The SMILES string of the molecule is OCCCn1c(CO)nc2cnc3cccnc3c21. The molecule has 6 nitrogen and oxygen atoms in total. The first-order valence-corrected chi connectivity index (χ1v) is 6.15. The summed E-state index contributed by atoms with van der Waals surface area (Å²) in [6.45, 7) is 0.550. The largest absolute Gasteiger partial charge is 0.396 e. The van der Waals surface area contributed by atoms with Crippen molar-refractivity contribution in [1.82, 2.24) is 19.5 Å². The lowest BCUT2D eigenvalue weighted by Crippen LogP contribution is -2.06. The zero-order chi connectivity index (χ0) is 13.2. The van der Waals surface area contributed by atoms with E-state index >= 15 is 0 Å². The van der Waals surface area contributed by atoms with E-state index in [1.807, 2.05) is 16.7 Å². The van der Waals surface area contributed by atoms with Gasteiger partial charge in [0.1, 0.15) is 23.5 Å². The highest BCUT2D eigenvalue weighted by Crippen LogP contribution is 2.23. The topological polar surface area (TPSA) is 84.1 Å². The van der Waals surface area contributed by atoms with Crippen LogP contribution in [0.1, 0.15) is 12.2 Å². The lowest BCUT2D eigenvalue weighted by atomic mass is 10.3. The van der Waals surface area contributed by atoms with Crippen LogP contribution in [0.25, 0.3) is 22.1 Å². The van der Waals surface area contributed by atoms with Crippen molar-refractivity contribution >= 4 is 22.1 Å². The molecule has 0 atom stereocenters. The number of hydrogen-bond donors (Lipinski definition) is 2. The number of aromatic nitrogens is 4. The normalized spacial score (nSPS) is 11.5. The minimum Gasteiger partial charge on any atom is -0.396 e. The summed E-state index contributed by atoms with van der Waals surface area (Å²) in [7, 11) is 0. The van der Waals surface area contributed by atoms with E-state index in [0.29, 0.717) is 24.3 Å². The Hall–Kier alpha value is -2.05. The first kappa shape index (κ1) is 12.0. The van der Waals surface area contributed by atoms with Crippen LogP contribution in [0.5, 0.6) is 0 Å². The Morgan fingerprint density at radius 3 is 2.84 bits per heavy atom. The third-order valence-electron chi connectivity index (χ3n) is 3.09. The predicted molar refractivity (Wildman–Crippen MR) is 70.5 cm³/mol. The Kier molecular flexibility index (Phi) is 3.10. The second-order valence-corrected chi connectivity index (χ2v) is 4.28. The van der Waals surface area contributed by atoms with Crippen molar-refractivity contribution in [2.75, 3.05) is 6.61 Å². The van der Waals surface area contributed by atoms with Crippen LogP contribution >= 0.6 is 0 Å². The molecule has 0 amide bonds. The van der Waals surface area contributed by atoms with E-state index in [2.05, 4.69) is 15.0 Å². The average Bonchev–Trinajstić information content (AvgIpc) is 2.83. The Labute approximate surface area is 109 Å². The highest BCUT2D eigenvalue weighted by Gasteiger charge is 2.13. The molecule has 0 aromatic carbocycles. The molecule has 0 fully saturated rings. The van der Waals surface area contributed by atoms with E-state index in [4.69, 9.17) is 5.11 Å². The van der Waals surface area contributed by atoms with Gasteiger partial charge in [-0.25, -0.2) is 4.98 Å².